The number of aryl methyl sites for hydroxylation is 1. The normalized spacial score (nSPS) is 23.1. The zero-order chi connectivity index (χ0) is 13.7. The highest BCUT2D eigenvalue weighted by Gasteiger charge is 2.22. The van der Waals surface area contributed by atoms with E-state index in [0.29, 0.717) is 6.42 Å². The van der Waals surface area contributed by atoms with Gasteiger partial charge in [0.1, 0.15) is 0 Å². The minimum atomic E-state index is -3.19. The second kappa shape index (κ2) is 7.98. The van der Waals surface area contributed by atoms with Crippen LogP contribution in [0.3, 0.4) is 0 Å². The van der Waals surface area contributed by atoms with Gasteiger partial charge in [-0.2, -0.15) is 0 Å². The number of sulfonamides is 1. The molecule has 2 rings (SSSR count). The number of hydrogen-bond donors (Lipinski definition) is 2. The van der Waals surface area contributed by atoms with E-state index in [4.69, 9.17) is 5.73 Å². The van der Waals surface area contributed by atoms with Gasteiger partial charge >= 0.3 is 0 Å². The maximum atomic E-state index is 12.0. The van der Waals surface area contributed by atoms with Gasteiger partial charge < -0.3 is 5.73 Å². The summed E-state index contributed by atoms with van der Waals surface area (Å²) in [7, 11) is -3.19. The maximum absolute atomic E-state index is 12.0. The van der Waals surface area contributed by atoms with E-state index in [-0.39, 0.29) is 30.2 Å². The molecular formula is C14H23ClN2O2S. The first kappa shape index (κ1) is 17.4. The summed E-state index contributed by atoms with van der Waals surface area (Å²) < 4.78 is 26.8. The number of nitrogens with one attached hydrogen (secondary N) is 1. The predicted molar refractivity (Wildman–Crippen MR) is 84.5 cm³/mol. The number of benzene rings is 1. The Hall–Kier alpha value is -0.620. The molecule has 1 saturated carbocycles. The van der Waals surface area contributed by atoms with Crippen molar-refractivity contribution in [1.82, 2.24) is 4.72 Å². The molecule has 0 saturated heterocycles. The molecule has 0 unspecified atom stereocenters. The Bertz CT molecular complexity index is 485. The fourth-order valence-corrected chi connectivity index (χ4v) is 3.81. The van der Waals surface area contributed by atoms with Crippen LogP contribution in [0.4, 0.5) is 0 Å². The molecule has 1 aliphatic carbocycles. The molecule has 0 aliphatic heterocycles. The molecule has 0 spiro atoms. The fourth-order valence-electron chi connectivity index (χ4n) is 2.45. The molecule has 1 aliphatic rings. The molecule has 6 heteroatoms. The Balaban J connectivity index is 0.00000200. The summed E-state index contributed by atoms with van der Waals surface area (Å²) in [6.07, 6.45) is 4.08. The molecule has 3 N–H and O–H groups in total. The van der Waals surface area contributed by atoms with E-state index in [9.17, 15) is 8.42 Å². The quantitative estimate of drug-likeness (QED) is 0.870. The third kappa shape index (κ3) is 5.79. The van der Waals surface area contributed by atoms with Crippen LogP contribution in [0.15, 0.2) is 30.3 Å². The van der Waals surface area contributed by atoms with Crippen LogP contribution < -0.4 is 10.5 Å². The first-order valence-electron chi connectivity index (χ1n) is 6.85. The topological polar surface area (TPSA) is 72.2 Å². The van der Waals surface area contributed by atoms with E-state index in [2.05, 4.69) is 4.72 Å². The molecule has 4 nitrogen and oxygen atoms in total. The first-order valence-corrected chi connectivity index (χ1v) is 8.50. The molecule has 0 atom stereocenters. The SMILES string of the molecule is Cl.NC1CCC(NS(=O)(=O)CCc2ccccc2)CC1. The third-order valence-corrected chi connectivity index (χ3v) is 5.05. The molecule has 0 aromatic heterocycles. The molecule has 0 amide bonds. The lowest BCUT2D eigenvalue weighted by Gasteiger charge is -2.26. The summed E-state index contributed by atoms with van der Waals surface area (Å²) in [5.74, 6) is 0.152. The summed E-state index contributed by atoms with van der Waals surface area (Å²) in [4.78, 5) is 0. The van der Waals surface area contributed by atoms with Gasteiger partial charge in [0, 0.05) is 12.1 Å². The van der Waals surface area contributed by atoms with Crippen LogP contribution in [0.5, 0.6) is 0 Å². The molecule has 0 radical (unpaired) electrons. The van der Waals surface area contributed by atoms with E-state index in [1.165, 1.54) is 0 Å². The average molecular weight is 319 g/mol. The van der Waals surface area contributed by atoms with Crippen molar-refractivity contribution in [3.63, 3.8) is 0 Å². The lowest BCUT2D eigenvalue weighted by atomic mass is 9.93. The van der Waals surface area contributed by atoms with E-state index >= 15 is 0 Å². The molecule has 20 heavy (non-hydrogen) atoms. The van der Waals surface area contributed by atoms with Crippen molar-refractivity contribution in [1.29, 1.82) is 0 Å². The highest BCUT2D eigenvalue weighted by atomic mass is 35.5. The molecular weight excluding hydrogens is 296 g/mol. The van der Waals surface area contributed by atoms with Crippen molar-refractivity contribution in [3.05, 3.63) is 35.9 Å². The van der Waals surface area contributed by atoms with Crippen LogP contribution in [-0.2, 0) is 16.4 Å². The Labute approximate surface area is 127 Å². The van der Waals surface area contributed by atoms with Crippen molar-refractivity contribution in [2.24, 2.45) is 5.73 Å². The third-order valence-electron chi connectivity index (χ3n) is 3.62. The van der Waals surface area contributed by atoms with Gasteiger partial charge in [-0.25, -0.2) is 13.1 Å². The summed E-state index contributed by atoms with van der Waals surface area (Å²) in [5, 5.41) is 0. The molecule has 1 fully saturated rings. The van der Waals surface area contributed by atoms with E-state index in [1.807, 2.05) is 30.3 Å². The lowest BCUT2D eigenvalue weighted by Crippen LogP contribution is -2.41. The standard InChI is InChI=1S/C14H22N2O2S.ClH/c15-13-6-8-14(9-7-13)16-19(17,18)11-10-12-4-2-1-3-5-12;/h1-5,13-14,16H,6-11,15H2;1H. The molecule has 1 aromatic rings. The van der Waals surface area contributed by atoms with Crippen molar-refractivity contribution >= 4 is 22.4 Å². The highest BCUT2D eigenvalue weighted by Crippen LogP contribution is 2.17. The predicted octanol–water partition coefficient (Wildman–Crippen LogP) is 1.84. The molecule has 0 bridgehead atoms. The van der Waals surface area contributed by atoms with Gasteiger partial charge in [0.15, 0.2) is 0 Å². The van der Waals surface area contributed by atoms with E-state index < -0.39 is 10.0 Å². The van der Waals surface area contributed by atoms with E-state index in [0.717, 1.165) is 31.2 Å². The average Bonchev–Trinajstić information content (AvgIpc) is 2.40. The zero-order valence-corrected chi connectivity index (χ0v) is 13.1. The van der Waals surface area contributed by atoms with Gasteiger partial charge in [-0.05, 0) is 37.7 Å². The van der Waals surface area contributed by atoms with Gasteiger partial charge in [0.2, 0.25) is 10.0 Å². The van der Waals surface area contributed by atoms with Crippen molar-refractivity contribution < 1.29 is 8.42 Å². The molecule has 0 heterocycles. The summed E-state index contributed by atoms with van der Waals surface area (Å²) >= 11 is 0. The monoisotopic (exact) mass is 318 g/mol. The maximum Gasteiger partial charge on any atom is 0.212 e. The fraction of sp³-hybridized carbons (Fsp3) is 0.571. The smallest absolute Gasteiger partial charge is 0.212 e. The second-order valence-electron chi connectivity index (χ2n) is 5.28. The van der Waals surface area contributed by atoms with Gasteiger partial charge in [0.05, 0.1) is 5.75 Å². The van der Waals surface area contributed by atoms with Gasteiger partial charge in [-0.1, -0.05) is 30.3 Å². The minimum absolute atomic E-state index is 0. The number of hydrogen-bond acceptors (Lipinski definition) is 3. The minimum Gasteiger partial charge on any atom is -0.328 e. The van der Waals surface area contributed by atoms with Crippen LogP contribution in [-0.4, -0.2) is 26.3 Å². The number of halogens is 1. The number of nitrogens with two attached hydrogens (primary N) is 1. The largest absolute Gasteiger partial charge is 0.328 e. The highest BCUT2D eigenvalue weighted by molar-refractivity contribution is 7.89. The summed E-state index contributed by atoms with van der Waals surface area (Å²) in [6.45, 7) is 0. The van der Waals surface area contributed by atoms with Crippen LogP contribution >= 0.6 is 12.4 Å². The van der Waals surface area contributed by atoms with Crippen molar-refractivity contribution in [3.8, 4) is 0 Å². The van der Waals surface area contributed by atoms with Crippen LogP contribution in [0.2, 0.25) is 0 Å². The molecule has 1 aromatic carbocycles. The Morgan fingerprint density at radius 2 is 1.70 bits per heavy atom. The van der Waals surface area contributed by atoms with Crippen molar-refractivity contribution in [2.75, 3.05) is 5.75 Å². The van der Waals surface area contributed by atoms with Crippen LogP contribution in [0.25, 0.3) is 0 Å². The number of rotatable bonds is 5. The van der Waals surface area contributed by atoms with Gasteiger partial charge in [-0.15, -0.1) is 12.4 Å². The molecule has 114 valence electrons. The van der Waals surface area contributed by atoms with Crippen molar-refractivity contribution in [2.45, 2.75) is 44.2 Å². The Kier molecular flexibility index (Phi) is 6.95. The zero-order valence-electron chi connectivity index (χ0n) is 11.5. The van der Waals surface area contributed by atoms with Gasteiger partial charge in [0.25, 0.3) is 0 Å². The Morgan fingerprint density at radius 1 is 1.10 bits per heavy atom. The van der Waals surface area contributed by atoms with Crippen LogP contribution in [0, 0.1) is 0 Å². The second-order valence-corrected chi connectivity index (χ2v) is 7.16. The van der Waals surface area contributed by atoms with Gasteiger partial charge in [-0.3, -0.25) is 0 Å². The summed E-state index contributed by atoms with van der Waals surface area (Å²) in [6, 6.07) is 10.0. The van der Waals surface area contributed by atoms with Crippen LogP contribution in [0.1, 0.15) is 31.2 Å². The summed E-state index contributed by atoms with van der Waals surface area (Å²) in [5.41, 5.74) is 6.87. The van der Waals surface area contributed by atoms with E-state index in [1.54, 1.807) is 0 Å². The first-order chi connectivity index (χ1) is 9.05. The lowest BCUT2D eigenvalue weighted by molar-refractivity contribution is 0.373. The Morgan fingerprint density at radius 3 is 2.30 bits per heavy atom.